The highest BCUT2D eigenvalue weighted by Gasteiger charge is 2.04. The molecule has 1 aromatic heterocycles. The molecule has 0 aliphatic carbocycles. The van der Waals surface area contributed by atoms with Crippen LogP contribution in [-0.2, 0) is 0 Å². The molecule has 0 spiro atoms. The Bertz CT molecular complexity index is 560. The molecule has 0 aliphatic rings. The molecule has 0 aliphatic heterocycles. The van der Waals surface area contributed by atoms with Crippen LogP contribution in [0.25, 0.3) is 0 Å². The van der Waals surface area contributed by atoms with Crippen molar-refractivity contribution in [3.05, 3.63) is 44.4 Å². The second-order valence-corrected chi connectivity index (χ2v) is 5.52. The van der Waals surface area contributed by atoms with Gasteiger partial charge in [-0.05, 0) is 56.1 Å². The van der Waals surface area contributed by atoms with Gasteiger partial charge in [-0.1, -0.05) is 11.6 Å². The Labute approximate surface area is 121 Å². The van der Waals surface area contributed by atoms with Crippen molar-refractivity contribution in [2.75, 3.05) is 11.1 Å². The fourth-order valence-corrected chi connectivity index (χ4v) is 2.05. The largest absolute Gasteiger partial charge is 0.396 e. The molecular weight excluding hydrogens is 369 g/mol. The van der Waals surface area contributed by atoms with E-state index in [1.54, 1.807) is 18.3 Å². The van der Waals surface area contributed by atoms with Gasteiger partial charge >= 0.3 is 0 Å². The molecule has 17 heavy (non-hydrogen) atoms. The summed E-state index contributed by atoms with van der Waals surface area (Å²) in [5, 5.41) is 3.74. The molecule has 0 atom stereocenters. The SMILES string of the molecule is Nc1cc(Br)cnc1Nc1ccc(Br)c(Cl)c1. The number of halogens is 3. The lowest BCUT2D eigenvalue weighted by Crippen LogP contribution is -1.98. The second-order valence-electron chi connectivity index (χ2n) is 3.35. The van der Waals surface area contributed by atoms with E-state index in [1.165, 1.54) is 0 Å². The van der Waals surface area contributed by atoms with Crippen LogP contribution in [-0.4, -0.2) is 4.98 Å². The lowest BCUT2D eigenvalue weighted by atomic mass is 10.3. The zero-order valence-electron chi connectivity index (χ0n) is 8.55. The Morgan fingerprint density at radius 3 is 2.65 bits per heavy atom. The number of nitrogen functional groups attached to an aromatic ring is 1. The molecule has 88 valence electrons. The summed E-state index contributed by atoms with van der Waals surface area (Å²) < 4.78 is 1.69. The number of nitrogens with two attached hydrogens (primary N) is 1. The summed E-state index contributed by atoms with van der Waals surface area (Å²) in [6.45, 7) is 0. The van der Waals surface area contributed by atoms with Crippen LogP contribution < -0.4 is 11.1 Å². The molecule has 0 fully saturated rings. The molecule has 3 N–H and O–H groups in total. The van der Waals surface area contributed by atoms with Crippen LogP contribution in [0.1, 0.15) is 0 Å². The monoisotopic (exact) mass is 375 g/mol. The normalized spacial score (nSPS) is 10.3. The van der Waals surface area contributed by atoms with Crippen molar-refractivity contribution < 1.29 is 0 Å². The number of aromatic nitrogens is 1. The average Bonchev–Trinajstić information content (AvgIpc) is 2.27. The molecule has 0 saturated carbocycles. The van der Waals surface area contributed by atoms with Crippen LogP contribution in [0.5, 0.6) is 0 Å². The van der Waals surface area contributed by atoms with E-state index >= 15 is 0 Å². The van der Waals surface area contributed by atoms with Gasteiger partial charge in [-0.3, -0.25) is 0 Å². The van der Waals surface area contributed by atoms with Crippen LogP contribution in [0.15, 0.2) is 39.4 Å². The topological polar surface area (TPSA) is 50.9 Å². The van der Waals surface area contributed by atoms with Crippen molar-refractivity contribution in [3.8, 4) is 0 Å². The third-order valence-corrected chi connectivity index (χ3v) is 3.73. The maximum absolute atomic E-state index is 6.00. The standard InChI is InChI=1S/C11H8Br2ClN3/c12-6-3-10(15)11(16-5-6)17-7-1-2-8(13)9(14)4-7/h1-5H,15H2,(H,16,17). The molecule has 0 bridgehead atoms. The number of nitrogens with zero attached hydrogens (tertiary/aromatic N) is 1. The summed E-state index contributed by atoms with van der Waals surface area (Å²) in [6, 6.07) is 7.34. The van der Waals surface area contributed by atoms with Gasteiger partial charge in [-0.25, -0.2) is 4.98 Å². The number of pyridine rings is 1. The number of hydrogen-bond acceptors (Lipinski definition) is 3. The van der Waals surface area contributed by atoms with E-state index in [0.717, 1.165) is 14.6 Å². The van der Waals surface area contributed by atoms with Gasteiger partial charge < -0.3 is 11.1 Å². The Morgan fingerprint density at radius 1 is 1.24 bits per heavy atom. The molecule has 2 rings (SSSR count). The number of anilines is 3. The van der Waals surface area contributed by atoms with E-state index < -0.39 is 0 Å². The van der Waals surface area contributed by atoms with Gasteiger partial charge in [0.1, 0.15) is 0 Å². The van der Waals surface area contributed by atoms with Crippen molar-refractivity contribution in [1.29, 1.82) is 0 Å². The lowest BCUT2D eigenvalue weighted by molar-refractivity contribution is 1.29. The van der Waals surface area contributed by atoms with E-state index in [-0.39, 0.29) is 0 Å². The minimum Gasteiger partial charge on any atom is -0.396 e. The number of hydrogen-bond donors (Lipinski definition) is 2. The first-order valence-electron chi connectivity index (χ1n) is 4.69. The van der Waals surface area contributed by atoms with Gasteiger partial charge in [0.05, 0.1) is 10.7 Å². The first kappa shape index (κ1) is 12.7. The van der Waals surface area contributed by atoms with Crippen molar-refractivity contribution in [3.63, 3.8) is 0 Å². The molecular formula is C11H8Br2ClN3. The number of benzene rings is 1. The quantitative estimate of drug-likeness (QED) is 0.805. The van der Waals surface area contributed by atoms with Gasteiger partial charge in [0.15, 0.2) is 5.82 Å². The predicted molar refractivity (Wildman–Crippen MR) is 78.8 cm³/mol. The van der Waals surface area contributed by atoms with Crippen LogP contribution in [0.2, 0.25) is 5.02 Å². The highest BCUT2D eigenvalue weighted by Crippen LogP contribution is 2.28. The minimum atomic E-state index is 0.568. The molecule has 0 saturated heterocycles. The van der Waals surface area contributed by atoms with Gasteiger partial charge in [-0.15, -0.1) is 0 Å². The molecule has 0 unspecified atom stereocenters. The van der Waals surface area contributed by atoms with Crippen LogP contribution >= 0.6 is 43.5 Å². The molecule has 3 nitrogen and oxygen atoms in total. The van der Waals surface area contributed by atoms with Crippen LogP contribution in [0, 0.1) is 0 Å². The smallest absolute Gasteiger partial charge is 0.153 e. The van der Waals surface area contributed by atoms with Crippen LogP contribution in [0.3, 0.4) is 0 Å². The summed E-state index contributed by atoms with van der Waals surface area (Å²) in [7, 11) is 0. The fourth-order valence-electron chi connectivity index (χ4n) is 1.27. The molecule has 0 radical (unpaired) electrons. The maximum Gasteiger partial charge on any atom is 0.153 e. The molecule has 0 amide bonds. The summed E-state index contributed by atoms with van der Waals surface area (Å²) in [5.74, 6) is 0.603. The van der Waals surface area contributed by atoms with E-state index in [0.29, 0.717) is 16.5 Å². The van der Waals surface area contributed by atoms with Gasteiger partial charge in [0, 0.05) is 20.8 Å². The zero-order valence-corrected chi connectivity index (χ0v) is 12.5. The summed E-state index contributed by atoms with van der Waals surface area (Å²) in [6.07, 6.45) is 1.68. The van der Waals surface area contributed by atoms with E-state index in [2.05, 4.69) is 42.2 Å². The van der Waals surface area contributed by atoms with Crippen LogP contribution in [0.4, 0.5) is 17.2 Å². The molecule has 1 heterocycles. The summed E-state index contributed by atoms with van der Waals surface area (Å²) in [5.41, 5.74) is 7.24. The molecule has 1 aromatic carbocycles. The average molecular weight is 377 g/mol. The van der Waals surface area contributed by atoms with Gasteiger partial charge in [0.25, 0.3) is 0 Å². The number of nitrogens with one attached hydrogen (secondary N) is 1. The third kappa shape index (κ3) is 3.12. The highest BCUT2D eigenvalue weighted by molar-refractivity contribution is 9.10. The summed E-state index contributed by atoms with van der Waals surface area (Å²) in [4.78, 5) is 4.19. The van der Waals surface area contributed by atoms with Gasteiger partial charge in [-0.2, -0.15) is 0 Å². The Hall–Kier alpha value is -0.780. The molecule has 6 heteroatoms. The minimum absolute atomic E-state index is 0.568. The lowest BCUT2D eigenvalue weighted by Gasteiger charge is -2.09. The van der Waals surface area contributed by atoms with E-state index in [1.807, 2.05) is 12.1 Å². The molecule has 2 aromatic rings. The van der Waals surface area contributed by atoms with Gasteiger partial charge in [0.2, 0.25) is 0 Å². The number of rotatable bonds is 2. The highest BCUT2D eigenvalue weighted by atomic mass is 79.9. The second kappa shape index (κ2) is 5.25. The van der Waals surface area contributed by atoms with Crippen molar-refractivity contribution in [1.82, 2.24) is 4.98 Å². The summed E-state index contributed by atoms with van der Waals surface area (Å²) >= 11 is 12.6. The Morgan fingerprint density at radius 2 is 2.00 bits per heavy atom. The van der Waals surface area contributed by atoms with E-state index in [4.69, 9.17) is 17.3 Å². The van der Waals surface area contributed by atoms with E-state index in [9.17, 15) is 0 Å². The first-order chi connectivity index (χ1) is 8.06. The first-order valence-corrected chi connectivity index (χ1v) is 6.66. The van der Waals surface area contributed by atoms with Crippen molar-refractivity contribution >= 4 is 60.7 Å². The maximum atomic E-state index is 6.00. The van der Waals surface area contributed by atoms with Crippen molar-refractivity contribution in [2.45, 2.75) is 0 Å². The zero-order chi connectivity index (χ0) is 12.4. The van der Waals surface area contributed by atoms with Crippen molar-refractivity contribution in [2.24, 2.45) is 0 Å². The Balaban J connectivity index is 2.28. The fraction of sp³-hybridized carbons (Fsp3) is 0. The predicted octanol–water partition coefficient (Wildman–Crippen LogP) is 4.59. The Kier molecular flexibility index (Phi) is 3.91. The third-order valence-electron chi connectivity index (χ3n) is 2.07.